The molecule has 3 aromatic rings. The number of carbonyl (C=O) groups excluding carboxylic acids is 1. The molecule has 1 aromatic heterocycles. The number of aromatic carboxylic acids is 1. The van der Waals surface area contributed by atoms with Crippen molar-refractivity contribution in [3.8, 4) is 17.2 Å². The SMILES string of the molecule is CC.CC.Cc1ncc(NC(=O)c2cc(C#N)cc(C(C)(C)C)c2)cc1-c1ccc(C(=O)O)cc1. The van der Waals surface area contributed by atoms with Crippen LogP contribution in [0.15, 0.2) is 54.7 Å². The van der Waals surface area contributed by atoms with E-state index in [0.29, 0.717) is 16.8 Å². The lowest BCUT2D eigenvalue weighted by molar-refractivity contribution is 0.0696. The molecule has 6 heteroatoms. The number of carboxylic acid groups (broad SMARTS) is 1. The van der Waals surface area contributed by atoms with Gasteiger partial charge in [0.05, 0.1) is 29.1 Å². The number of carbonyl (C=O) groups is 2. The van der Waals surface area contributed by atoms with Crippen molar-refractivity contribution in [1.29, 1.82) is 5.26 Å². The molecular formula is C29H35N3O3. The van der Waals surface area contributed by atoms with Crippen molar-refractivity contribution in [3.05, 3.63) is 82.7 Å². The predicted octanol–water partition coefficient (Wildman–Crippen LogP) is 7.23. The van der Waals surface area contributed by atoms with E-state index >= 15 is 0 Å². The van der Waals surface area contributed by atoms with Crippen molar-refractivity contribution in [2.75, 3.05) is 5.32 Å². The van der Waals surface area contributed by atoms with E-state index in [2.05, 4.69) is 16.4 Å². The molecule has 3 rings (SSSR count). The zero-order chi connectivity index (χ0) is 26.8. The first-order chi connectivity index (χ1) is 16.6. The van der Waals surface area contributed by atoms with Gasteiger partial charge in [0.1, 0.15) is 0 Å². The molecule has 0 spiro atoms. The van der Waals surface area contributed by atoms with Gasteiger partial charge >= 0.3 is 5.97 Å². The van der Waals surface area contributed by atoms with E-state index in [1.807, 2.05) is 55.4 Å². The fraction of sp³-hybridized carbons (Fsp3) is 0.310. The van der Waals surface area contributed by atoms with Crippen LogP contribution in [0.4, 0.5) is 5.69 Å². The van der Waals surface area contributed by atoms with Gasteiger partial charge < -0.3 is 10.4 Å². The Labute approximate surface area is 208 Å². The molecule has 0 aliphatic rings. The summed E-state index contributed by atoms with van der Waals surface area (Å²) in [5.74, 6) is -1.32. The summed E-state index contributed by atoms with van der Waals surface area (Å²) in [4.78, 5) is 28.3. The van der Waals surface area contributed by atoms with Crippen LogP contribution in [-0.4, -0.2) is 22.0 Å². The molecule has 0 unspecified atom stereocenters. The third kappa shape index (κ3) is 7.79. The van der Waals surface area contributed by atoms with Gasteiger partial charge in [0.2, 0.25) is 0 Å². The highest BCUT2D eigenvalue weighted by Crippen LogP contribution is 2.27. The standard InChI is InChI=1S/C25H23N3O3.2C2H6/c1-15-22(17-5-7-18(8-6-17)24(30)31)12-21(14-27-15)28-23(29)19-9-16(13-26)10-20(11-19)25(2,3)4;2*1-2/h5-12,14H,1-4H3,(H,28,29)(H,30,31);2*1-2H3. The lowest BCUT2D eigenvalue weighted by Gasteiger charge is -2.20. The number of anilines is 1. The minimum atomic E-state index is -0.989. The van der Waals surface area contributed by atoms with E-state index in [0.717, 1.165) is 22.4 Å². The van der Waals surface area contributed by atoms with Gasteiger partial charge in [-0.15, -0.1) is 0 Å². The Bertz CT molecular complexity index is 1200. The smallest absolute Gasteiger partial charge is 0.335 e. The van der Waals surface area contributed by atoms with Crippen LogP contribution >= 0.6 is 0 Å². The summed E-state index contributed by atoms with van der Waals surface area (Å²) in [6, 6.07) is 15.6. The number of hydrogen-bond donors (Lipinski definition) is 2. The molecule has 2 aromatic carbocycles. The molecule has 0 radical (unpaired) electrons. The lowest BCUT2D eigenvalue weighted by Crippen LogP contribution is -2.16. The maximum Gasteiger partial charge on any atom is 0.335 e. The van der Waals surface area contributed by atoms with Crippen molar-refractivity contribution in [3.63, 3.8) is 0 Å². The number of nitriles is 1. The summed E-state index contributed by atoms with van der Waals surface area (Å²) in [6.07, 6.45) is 1.57. The summed E-state index contributed by atoms with van der Waals surface area (Å²) in [7, 11) is 0. The third-order valence-corrected chi connectivity index (χ3v) is 4.98. The molecule has 35 heavy (non-hydrogen) atoms. The van der Waals surface area contributed by atoms with E-state index in [-0.39, 0.29) is 16.9 Å². The topological polar surface area (TPSA) is 103 Å². The number of amides is 1. The minimum Gasteiger partial charge on any atom is -0.478 e. The van der Waals surface area contributed by atoms with E-state index in [1.54, 1.807) is 42.6 Å². The first-order valence-electron chi connectivity index (χ1n) is 11.8. The fourth-order valence-electron chi connectivity index (χ4n) is 3.15. The second-order valence-electron chi connectivity index (χ2n) is 8.35. The van der Waals surface area contributed by atoms with Crippen LogP contribution in [0.2, 0.25) is 0 Å². The van der Waals surface area contributed by atoms with Crippen molar-refractivity contribution in [2.45, 2.75) is 60.8 Å². The number of carboxylic acids is 1. The van der Waals surface area contributed by atoms with Crippen molar-refractivity contribution in [2.24, 2.45) is 0 Å². The molecule has 1 amide bonds. The summed E-state index contributed by atoms with van der Waals surface area (Å²) < 4.78 is 0. The summed E-state index contributed by atoms with van der Waals surface area (Å²) in [5, 5.41) is 21.3. The number of nitrogens with one attached hydrogen (secondary N) is 1. The quantitative estimate of drug-likeness (QED) is 0.416. The highest BCUT2D eigenvalue weighted by Gasteiger charge is 2.18. The number of rotatable bonds is 4. The Morgan fingerprint density at radius 2 is 1.54 bits per heavy atom. The average Bonchev–Trinajstić information content (AvgIpc) is 2.86. The Morgan fingerprint density at radius 1 is 0.943 bits per heavy atom. The molecular weight excluding hydrogens is 438 g/mol. The highest BCUT2D eigenvalue weighted by atomic mass is 16.4. The average molecular weight is 474 g/mol. The van der Waals surface area contributed by atoms with Gasteiger partial charge in [-0.05, 0) is 59.9 Å². The summed E-state index contributed by atoms with van der Waals surface area (Å²) in [6.45, 7) is 15.9. The maximum atomic E-state index is 12.9. The summed E-state index contributed by atoms with van der Waals surface area (Å²) >= 11 is 0. The predicted molar refractivity (Wildman–Crippen MR) is 142 cm³/mol. The molecule has 0 saturated carbocycles. The molecule has 0 bridgehead atoms. The van der Waals surface area contributed by atoms with Gasteiger partial charge in [-0.1, -0.05) is 60.6 Å². The molecule has 6 nitrogen and oxygen atoms in total. The number of pyridine rings is 1. The van der Waals surface area contributed by atoms with Gasteiger partial charge in [-0.25, -0.2) is 4.79 Å². The Hall–Kier alpha value is -3.98. The van der Waals surface area contributed by atoms with Crippen LogP contribution in [0.3, 0.4) is 0 Å². The lowest BCUT2D eigenvalue weighted by atomic mass is 9.85. The molecule has 0 fully saturated rings. The monoisotopic (exact) mass is 473 g/mol. The largest absolute Gasteiger partial charge is 0.478 e. The number of aromatic nitrogens is 1. The van der Waals surface area contributed by atoms with Crippen molar-refractivity contribution >= 4 is 17.6 Å². The van der Waals surface area contributed by atoms with Gasteiger partial charge in [0, 0.05) is 16.8 Å². The maximum absolute atomic E-state index is 12.9. The number of benzene rings is 2. The zero-order valence-corrected chi connectivity index (χ0v) is 21.9. The first-order valence-corrected chi connectivity index (χ1v) is 11.8. The second kappa shape index (κ2) is 13.0. The third-order valence-electron chi connectivity index (χ3n) is 4.98. The minimum absolute atomic E-state index is 0.200. The van der Waals surface area contributed by atoms with Crippen molar-refractivity contribution in [1.82, 2.24) is 4.98 Å². The molecule has 2 N–H and O–H groups in total. The van der Waals surface area contributed by atoms with Crippen LogP contribution in [-0.2, 0) is 5.41 Å². The molecule has 1 heterocycles. The first kappa shape index (κ1) is 29.1. The molecule has 184 valence electrons. The zero-order valence-electron chi connectivity index (χ0n) is 21.9. The number of aryl methyl sites for hydroxylation is 1. The van der Waals surface area contributed by atoms with Crippen LogP contribution in [0, 0.1) is 18.3 Å². The fourth-order valence-corrected chi connectivity index (χ4v) is 3.15. The van der Waals surface area contributed by atoms with E-state index < -0.39 is 5.97 Å². The van der Waals surface area contributed by atoms with E-state index in [9.17, 15) is 14.9 Å². The van der Waals surface area contributed by atoms with Crippen LogP contribution in [0.1, 0.15) is 86.0 Å². The van der Waals surface area contributed by atoms with Gasteiger partial charge in [0.25, 0.3) is 5.91 Å². The summed E-state index contributed by atoms with van der Waals surface area (Å²) in [5.41, 5.74) is 4.57. The molecule has 0 aliphatic heterocycles. The van der Waals surface area contributed by atoms with Gasteiger partial charge in [-0.2, -0.15) is 5.26 Å². The van der Waals surface area contributed by atoms with Gasteiger partial charge in [-0.3, -0.25) is 9.78 Å². The van der Waals surface area contributed by atoms with Crippen molar-refractivity contribution < 1.29 is 14.7 Å². The normalized spacial score (nSPS) is 10.0. The molecule has 0 atom stereocenters. The second-order valence-corrected chi connectivity index (χ2v) is 8.35. The van der Waals surface area contributed by atoms with E-state index in [4.69, 9.17) is 5.11 Å². The van der Waals surface area contributed by atoms with E-state index in [1.165, 1.54) is 12.1 Å². The molecule has 0 aliphatic carbocycles. The van der Waals surface area contributed by atoms with Gasteiger partial charge in [0.15, 0.2) is 0 Å². The Balaban J connectivity index is 0.00000145. The highest BCUT2D eigenvalue weighted by molar-refractivity contribution is 6.05. The number of nitrogens with zero attached hydrogens (tertiary/aromatic N) is 2. The van der Waals surface area contributed by atoms with Crippen LogP contribution < -0.4 is 5.32 Å². The Kier molecular flexibility index (Phi) is 10.8. The molecule has 0 saturated heterocycles. The van der Waals surface area contributed by atoms with Crippen LogP contribution in [0.25, 0.3) is 11.1 Å². The number of hydrogen-bond acceptors (Lipinski definition) is 4. The van der Waals surface area contributed by atoms with Crippen LogP contribution in [0.5, 0.6) is 0 Å². The Morgan fingerprint density at radius 3 is 2.06 bits per heavy atom.